The van der Waals surface area contributed by atoms with Crippen LogP contribution in [0.4, 0.5) is 5.69 Å². The van der Waals surface area contributed by atoms with Crippen LogP contribution in [0.1, 0.15) is 34.8 Å². The number of hydrogen-bond donors (Lipinski definition) is 0. The van der Waals surface area contributed by atoms with Gasteiger partial charge in [0.1, 0.15) is 11.8 Å². The Bertz CT molecular complexity index is 1160. The molecule has 3 aromatic rings. The monoisotopic (exact) mass is 442 g/mol. The fourth-order valence-corrected chi connectivity index (χ4v) is 4.04. The van der Waals surface area contributed by atoms with Crippen molar-refractivity contribution in [3.8, 4) is 5.75 Å². The third-order valence-corrected chi connectivity index (χ3v) is 5.63. The molecular weight excluding hydrogens is 416 g/mol. The van der Waals surface area contributed by atoms with E-state index in [4.69, 9.17) is 4.74 Å². The topological polar surface area (TPSA) is 66.9 Å². The first kappa shape index (κ1) is 22.3. The van der Waals surface area contributed by atoms with Crippen molar-refractivity contribution in [3.63, 3.8) is 0 Å². The lowest BCUT2D eigenvalue weighted by molar-refractivity contribution is -0.122. The van der Waals surface area contributed by atoms with E-state index >= 15 is 0 Å². The first-order chi connectivity index (χ1) is 16.0. The summed E-state index contributed by atoms with van der Waals surface area (Å²) in [5.41, 5.74) is 2.80. The highest BCUT2D eigenvalue weighted by molar-refractivity contribution is 6.23. The highest BCUT2D eigenvalue weighted by atomic mass is 16.5. The Hall–Kier alpha value is -3.93. The van der Waals surface area contributed by atoms with Gasteiger partial charge in [0.25, 0.3) is 11.8 Å². The highest BCUT2D eigenvalue weighted by Gasteiger charge is 2.44. The number of carbonyl (C=O) groups is 3. The van der Waals surface area contributed by atoms with Crippen molar-refractivity contribution >= 4 is 23.4 Å². The maximum absolute atomic E-state index is 13.5. The standard InChI is InChI=1S/C27H26N2O4/c1-3-33-23-14-12-22(13-15-23)29-25(30)17-24(27(29)32)28(18-20-9-5-4-6-10-20)26(31)21-11-7-8-19(2)16-21/h4-16,24H,3,17-18H2,1-2H3. The largest absolute Gasteiger partial charge is 0.494 e. The summed E-state index contributed by atoms with van der Waals surface area (Å²) < 4.78 is 5.45. The molecule has 33 heavy (non-hydrogen) atoms. The normalized spacial score (nSPS) is 15.6. The van der Waals surface area contributed by atoms with Crippen molar-refractivity contribution in [3.05, 3.63) is 95.6 Å². The van der Waals surface area contributed by atoms with E-state index in [2.05, 4.69) is 0 Å². The van der Waals surface area contributed by atoms with Crippen molar-refractivity contribution < 1.29 is 19.1 Å². The average molecular weight is 443 g/mol. The summed E-state index contributed by atoms with van der Waals surface area (Å²) in [5, 5.41) is 0. The maximum Gasteiger partial charge on any atom is 0.257 e. The Morgan fingerprint density at radius 3 is 2.39 bits per heavy atom. The van der Waals surface area contributed by atoms with Crippen LogP contribution in [0.5, 0.6) is 5.75 Å². The number of carbonyl (C=O) groups excluding carboxylic acids is 3. The molecule has 0 saturated carbocycles. The van der Waals surface area contributed by atoms with Crippen molar-refractivity contribution in [2.24, 2.45) is 0 Å². The molecule has 0 spiro atoms. The summed E-state index contributed by atoms with van der Waals surface area (Å²) >= 11 is 0. The number of imide groups is 1. The van der Waals surface area contributed by atoms with Crippen LogP contribution in [0.2, 0.25) is 0 Å². The SMILES string of the molecule is CCOc1ccc(N2C(=O)CC(N(Cc3ccccc3)C(=O)c3cccc(C)c3)C2=O)cc1. The Morgan fingerprint density at radius 1 is 1.00 bits per heavy atom. The molecule has 3 amide bonds. The van der Waals surface area contributed by atoms with Crippen LogP contribution in [0.3, 0.4) is 0 Å². The van der Waals surface area contributed by atoms with Crippen LogP contribution < -0.4 is 9.64 Å². The zero-order valence-electron chi connectivity index (χ0n) is 18.7. The number of aryl methyl sites for hydroxylation is 1. The number of rotatable bonds is 7. The third kappa shape index (κ3) is 4.80. The van der Waals surface area contributed by atoms with E-state index in [1.54, 1.807) is 36.4 Å². The molecule has 0 bridgehead atoms. The minimum atomic E-state index is -0.878. The second-order valence-corrected chi connectivity index (χ2v) is 8.00. The van der Waals surface area contributed by atoms with Crippen molar-refractivity contribution in [2.75, 3.05) is 11.5 Å². The molecule has 6 heteroatoms. The Labute approximate surface area is 193 Å². The summed E-state index contributed by atoms with van der Waals surface area (Å²) in [6.45, 7) is 4.56. The summed E-state index contributed by atoms with van der Waals surface area (Å²) in [6.07, 6.45) is -0.0591. The van der Waals surface area contributed by atoms with Gasteiger partial charge in [-0.05, 0) is 55.8 Å². The van der Waals surface area contributed by atoms with Crippen LogP contribution in [-0.2, 0) is 16.1 Å². The lowest BCUT2D eigenvalue weighted by atomic mass is 10.1. The third-order valence-electron chi connectivity index (χ3n) is 5.63. The Balaban J connectivity index is 1.65. The summed E-state index contributed by atoms with van der Waals surface area (Å²) in [4.78, 5) is 42.6. The molecule has 0 radical (unpaired) electrons. The summed E-state index contributed by atoms with van der Waals surface area (Å²) in [7, 11) is 0. The smallest absolute Gasteiger partial charge is 0.257 e. The number of anilines is 1. The first-order valence-corrected chi connectivity index (χ1v) is 11.0. The van der Waals surface area contributed by atoms with E-state index in [9.17, 15) is 14.4 Å². The van der Waals surface area contributed by atoms with Gasteiger partial charge in [0.2, 0.25) is 5.91 Å². The average Bonchev–Trinajstić information content (AvgIpc) is 3.12. The first-order valence-electron chi connectivity index (χ1n) is 11.0. The van der Waals surface area contributed by atoms with Gasteiger partial charge >= 0.3 is 0 Å². The van der Waals surface area contributed by atoms with E-state index < -0.39 is 11.9 Å². The van der Waals surface area contributed by atoms with Gasteiger partial charge < -0.3 is 9.64 Å². The minimum Gasteiger partial charge on any atom is -0.494 e. The predicted molar refractivity (Wildman–Crippen MR) is 126 cm³/mol. The minimum absolute atomic E-state index is 0.0591. The molecule has 1 heterocycles. The van der Waals surface area contributed by atoms with Crippen LogP contribution in [0.15, 0.2) is 78.9 Å². The second kappa shape index (κ2) is 9.69. The predicted octanol–water partition coefficient (Wildman–Crippen LogP) is 4.37. The van der Waals surface area contributed by atoms with Gasteiger partial charge in [-0.15, -0.1) is 0 Å². The molecule has 168 valence electrons. The fourth-order valence-electron chi connectivity index (χ4n) is 4.04. The molecule has 0 N–H and O–H groups in total. The molecule has 1 saturated heterocycles. The molecule has 0 aliphatic carbocycles. The molecular formula is C27H26N2O4. The quantitative estimate of drug-likeness (QED) is 0.510. The Kier molecular flexibility index (Phi) is 6.54. The van der Waals surface area contributed by atoms with E-state index in [0.717, 1.165) is 11.1 Å². The number of benzene rings is 3. The van der Waals surface area contributed by atoms with Gasteiger partial charge in [0.05, 0.1) is 18.7 Å². The van der Waals surface area contributed by atoms with Crippen molar-refractivity contribution in [2.45, 2.75) is 32.9 Å². The van der Waals surface area contributed by atoms with Gasteiger partial charge in [-0.1, -0.05) is 48.0 Å². The van der Waals surface area contributed by atoms with Gasteiger partial charge in [-0.3, -0.25) is 14.4 Å². The lowest BCUT2D eigenvalue weighted by Gasteiger charge is -2.28. The Morgan fingerprint density at radius 2 is 1.73 bits per heavy atom. The number of nitrogens with zero attached hydrogens (tertiary/aromatic N) is 2. The fraction of sp³-hybridized carbons (Fsp3) is 0.222. The molecule has 0 aromatic heterocycles. The molecule has 1 unspecified atom stereocenters. The molecule has 1 atom stereocenters. The molecule has 4 rings (SSSR count). The zero-order valence-corrected chi connectivity index (χ0v) is 18.7. The van der Waals surface area contributed by atoms with Crippen LogP contribution >= 0.6 is 0 Å². The molecule has 3 aromatic carbocycles. The molecule has 1 fully saturated rings. The van der Waals surface area contributed by atoms with Gasteiger partial charge in [0.15, 0.2) is 0 Å². The number of hydrogen-bond acceptors (Lipinski definition) is 4. The molecule has 1 aliphatic rings. The van der Waals surface area contributed by atoms with Crippen LogP contribution in [-0.4, -0.2) is 35.3 Å². The van der Waals surface area contributed by atoms with Crippen molar-refractivity contribution in [1.29, 1.82) is 0 Å². The second-order valence-electron chi connectivity index (χ2n) is 8.00. The van der Waals surface area contributed by atoms with Crippen LogP contribution in [0.25, 0.3) is 0 Å². The van der Waals surface area contributed by atoms with Gasteiger partial charge in [-0.2, -0.15) is 0 Å². The van der Waals surface area contributed by atoms with E-state index in [1.165, 1.54) is 9.80 Å². The van der Waals surface area contributed by atoms with Gasteiger partial charge in [-0.25, -0.2) is 4.90 Å². The van der Waals surface area contributed by atoms with Crippen LogP contribution in [0, 0.1) is 6.92 Å². The number of ether oxygens (including phenoxy) is 1. The van der Waals surface area contributed by atoms with E-state index in [1.807, 2.05) is 56.3 Å². The number of amides is 3. The molecule has 6 nitrogen and oxygen atoms in total. The maximum atomic E-state index is 13.5. The summed E-state index contributed by atoms with van der Waals surface area (Å²) in [5.74, 6) is -0.343. The summed E-state index contributed by atoms with van der Waals surface area (Å²) in [6, 6.07) is 22.7. The van der Waals surface area contributed by atoms with Crippen molar-refractivity contribution in [1.82, 2.24) is 4.90 Å². The molecule has 1 aliphatic heterocycles. The van der Waals surface area contributed by atoms with E-state index in [-0.39, 0.29) is 24.8 Å². The van der Waals surface area contributed by atoms with Gasteiger partial charge in [0, 0.05) is 12.1 Å². The highest BCUT2D eigenvalue weighted by Crippen LogP contribution is 2.29. The lowest BCUT2D eigenvalue weighted by Crippen LogP contribution is -2.45. The zero-order chi connectivity index (χ0) is 23.4. The van der Waals surface area contributed by atoms with E-state index in [0.29, 0.717) is 23.6 Å².